The number of aromatic amines is 1. The van der Waals surface area contributed by atoms with Gasteiger partial charge in [0.25, 0.3) is 0 Å². The number of amides is 1. The molecule has 118 valence electrons. The lowest BCUT2D eigenvalue weighted by Crippen LogP contribution is -2.27. The predicted octanol–water partition coefficient (Wildman–Crippen LogP) is 2.89. The quantitative estimate of drug-likeness (QED) is 0.799. The number of aromatic carboxylic acids is 1. The molecule has 2 heterocycles. The zero-order valence-corrected chi connectivity index (χ0v) is 13.4. The molecule has 2 aromatic heterocycles. The Kier molecular flexibility index (Phi) is 4.18. The summed E-state index contributed by atoms with van der Waals surface area (Å²) in [4.78, 5) is 27.7. The minimum Gasteiger partial charge on any atom is -0.478 e. The molecule has 0 bridgehead atoms. The lowest BCUT2D eigenvalue weighted by Gasteiger charge is -2.18. The molecule has 8 nitrogen and oxygen atoms in total. The van der Waals surface area contributed by atoms with E-state index in [1.807, 2.05) is 0 Å². The SMILES string of the molecule is Cc1nc(NC(=O)OC(C)(C)C)sc1-c1[nH]ncc1C(=O)O. The van der Waals surface area contributed by atoms with E-state index in [2.05, 4.69) is 20.5 Å². The van der Waals surface area contributed by atoms with E-state index in [4.69, 9.17) is 9.84 Å². The molecule has 0 saturated carbocycles. The second-order valence-corrected chi connectivity index (χ2v) is 6.52. The van der Waals surface area contributed by atoms with Gasteiger partial charge >= 0.3 is 12.1 Å². The van der Waals surface area contributed by atoms with Crippen molar-refractivity contribution >= 4 is 28.5 Å². The number of nitrogens with one attached hydrogen (secondary N) is 2. The number of carbonyl (C=O) groups excluding carboxylic acids is 1. The van der Waals surface area contributed by atoms with E-state index >= 15 is 0 Å². The van der Waals surface area contributed by atoms with Crippen molar-refractivity contribution in [3.63, 3.8) is 0 Å². The summed E-state index contributed by atoms with van der Waals surface area (Å²) in [5.74, 6) is -1.08. The fourth-order valence-electron chi connectivity index (χ4n) is 1.69. The maximum absolute atomic E-state index is 11.7. The van der Waals surface area contributed by atoms with Crippen LogP contribution in [0, 0.1) is 6.92 Å². The Hall–Kier alpha value is -2.42. The van der Waals surface area contributed by atoms with Crippen LogP contribution < -0.4 is 5.32 Å². The van der Waals surface area contributed by atoms with Gasteiger partial charge in [-0.15, -0.1) is 0 Å². The molecule has 9 heteroatoms. The molecule has 0 unspecified atom stereocenters. The van der Waals surface area contributed by atoms with Gasteiger partial charge in [0.1, 0.15) is 11.2 Å². The number of thiazole rings is 1. The first-order valence-electron chi connectivity index (χ1n) is 6.42. The van der Waals surface area contributed by atoms with E-state index in [1.54, 1.807) is 27.7 Å². The molecule has 0 aliphatic heterocycles. The maximum atomic E-state index is 11.7. The van der Waals surface area contributed by atoms with Crippen LogP contribution in [0.15, 0.2) is 6.20 Å². The van der Waals surface area contributed by atoms with Gasteiger partial charge < -0.3 is 9.84 Å². The average Bonchev–Trinajstić information content (AvgIpc) is 2.92. The lowest BCUT2D eigenvalue weighted by atomic mass is 10.2. The highest BCUT2D eigenvalue weighted by atomic mass is 32.1. The van der Waals surface area contributed by atoms with Gasteiger partial charge in [0.05, 0.1) is 22.5 Å². The number of carboxylic acids is 1. The molecular weight excluding hydrogens is 308 g/mol. The van der Waals surface area contributed by atoms with Crippen LogP contribution in [-0.4, -0.2) is 38.0 Å². The monoisotopic (exact) mass is 324 g/mol. The molecule has 0 spiro atoms. The van der Waals surface area contributed by atoms with Crippen molar-refractivity contribution in [3.05, 3.63) is 17.5 Å². The average molecular weight is 324 g/mol. The van der Waals surface area contributed by atoms with E-state index in [0.717, 1.165) is 11.3 Å². The Morgan fingerprint density at radius 3 is 2.68 bits per heavy atom. The Bertz CT molecular complexity index is 714. The second-order valence-electron chi connectivity index (χ2n) is 5.52. The van der Waals surface area contributed by atoms with Crippen molar-refractivity contribution in [3.8, 4) is 10.6 Å². The molecule has 22 heavy (non-hydrogen) atoms. The van der Waals surface area contributed by atoms with Crippen molar-refractivity contribution in [1.82, 2.24) is 15.2 Å². The van der Waals surface area contributed by atoms with E-state index in [1.165, 1.54) is 6.20 Å². The van der Waals surface area contributed by atoms with Crippen LogP contribution in [0.4, 0.5) is 9.93 Å². The summed E-state index contributed by atoms with van der Waals surface area (Å²) < 4.78 is 5.15. The Morgan fingerprint density at radius 1 is 1.41 bits per heavy atom. The number of anilines is 1. The first kappa shape index (κ1) is 16.0. The molecule has 0 radical (unpaired) electrons. The van der Waals surface area contributed by atoms with Gasteiger partial charge in [0.2, 0.25) is 0 Å². The highest BCUT2D eigenvalue weighted by Gasteiger charge is 2.21. The van der Waals surface area contributed by atoms with Gasteiger partial charge in [-0.3, -0.25) is 10.4 Å². The van der Waals surface area contributed by atoms with E-state index in [-0.39, 0.29) is 5.56 Å². The molecule has 0 aliphatic carbocycles. The molecule has 0 aliphatic rings. The van der Waals surface area contributed by atoms with Crippen LogP contribution in [0.1, 0.15) is 36.8 Å². The minimum atomic E-state index is -1.08. The molecule has 2 aromatic rings. The van der Waals surface area contributed by atoms with Crippen LogP contribution >= 0.6 is 11.3 Å². The molecule has 3 N–H and O–H groups in total. The number of nitrogens with zero attached hydrogens (tertiary/aromatic N) is 2. The normalized spacial score (nSPS) is 11.3. The molecule has 0 saturated heterocycles. The summed E-state index contributed by atoms with van der Waals surface area (Å²) >= 11 is 1.15. The number of ether oxygens (including phenoxy) is 1. The number of hydrogen-bond donors (Lipinski definition) is 3. The first-order chi connectivity index (χ1) is 10.2. The molecule has 1 amide bonds. The van der Waals surface area contributed by atoms with E-state index in [9.17, 15) is 9.59 Å². The Balaban J connectivity index is 2.23. The van der Waals surface area contributed by atoms with Gasteiger partial charge in [-0.05, 0) is 27.7 Å². The molecule has 0 aromatic carbocycles. The van der Waals surface area contributed by atoms with Crippen LogP contribution in [0.3, 0.4) is 0 Å². The number of hydrogen-bond acceptors (Lipinski definition) is 6. The maximum Gasteiger partial charge on any atom is 0.413 e. The van der Waals surface area contributed by atoms with Crippen molar-refractivity contribution in [2.24, 2.45) is 0 Å². The highest BCUT2D eigenvalue weighted by Crippen LogP contribution is 2.33. The van der Waals surface area contributed by atoms with Gasteiger partial charge in [-0.2, -0.15) is 5.10 Å². The van der Waals surface area contributed by atoms with Gasteiger partial charge in [0.15, 0.2) is 5.13 Å². The summed E-state index contributed by atoms with van der Waals surface area (Å²) in [7, 11) is 0. The minimum absolute atomic E-state index is 0.0515. The smallest absolute Gasteiger partial charge is 0.413 e. The number of rotatable bonds is 3. The molecule has 2 rings (SSSR count). The van der Waals surface area contributed by atoms with E-state index < -0.39 is 17.7 Å². The molecule has 0 fully saturated rings. The van der Waals surface area contributed by atoms with Gasteiger partial charge in [0, 0.05) is 0 Å². The second kappa shape index (κ2) is 5.76. The fourth-order valence-corrected chi connectivity index (χ4v) is 2.66. The standard InChI is InChI=1S/C13H16N4O4S/c1-6-9(8-7(10(18)19)5-14-17-8)22-11(15-6)16-12(20)21-13(2,3)4/h5H,1-4H3,(H,14,17)(H,18,19)(H,15,16,20). The zero-order chi connectivity index (χ0) is 16.5. The summed E-state index contributed by atoms with van der Waals surface area (Å²) in [6, 6.07) is 0. The van der Waals surface area contributed by atoms with Crippen molar-refractivity contribution in [2.75, 3.05) is 5.32 Å². The summed E-state index contributed by atoms with van der Waals surface area (Å²) in [5.41, 5.74) is 0.386. The Labute approximate surface area is 130 Å². The molecule has 0 atom stereocenters. The van der Waals surface area contributed by atoms with Crippen molar-refractivity contribution in [2.45, 2.75) is 33.3 Å². The lowest BCUT2D eigenvalue weighted by molar-refractivity contribution is 0.0634. The van der Waals surface area contributed by atoms with Crippen LogP contribution in [0.2, 0.25) is 0 Å². The number of aryl methyl sites for hydroxylation is 1. The van der Waals surface area contributed by atoms with Crippen LogP contribution in [-0.2, 0) is 4.74 Å². The largest absolute Gasteiger partial charge is 0.478 e. The topological polar surface area (TPSA) is 117 Å². The van der Waals surface area contributed by atoms with Crippen LogP contribution in [0.5, 0.6) is 0 Å². The van der Waals surface area contributed by atoms with Crippen molar-refractivity contribution < 1.29 is 19.4 Å². The summed E-state index contributed by atoms with van der Waals surface area (Å²) in [6.07, 6.45) is 0.619. The highest BCUT2D eigenvalue weighted by molar-refractivity contribution is 7.19. The predicted molar refractivity (Wildman–Crippen MR) is 81.2 cm³/mol. The first-order valence-corrected chi connectivity index (χ1v) is 7.23. The van der Waals surface area contributed by atoms with Crippen molar-refractivity contribution in [1.29, 1.82) is 0 Å². The number of carboxylic acid groups (broad SMARTS) is 1. The Morgan fingerprint density at radius 2 is 2.09 bits per heavy atom. The number of H-pyrrole nitrogens is 1. The van der Waals surface area contributed by atoms with E-state index in [0.29, 0.717) is 21.4 Å². The van der Waals surface area contributed by atoms with Gasteiger partial charge in [-0.25, -0.2) is 14.6 Å². The third-order valence-corrected chi connectivity index (χ3v) is 3.59. The third-order valence-electron chi connectivity index (χ3n) is 2.50. The number of aromatic nitrogens is 3. The van der Waals surface area contributed by atoms with Crippen LogP contribution in [0.25, 0.3) is 10.6 Å². The zero-order valence-electron chi connectivity index (χ0n) is 12.6. The number of carbonyl (C=O) groups is 2. The third kappa shape index (κ3) is 3.61. The molecular formula is C13H16N4O4S. The van der Waals surface area contributed by atoms with Gasteiger partial charge in [-0.1, -0.05) is 11.3 Å². The summed E-state index contributed by atoms with van der Waals surface area (Å²) in [5, 5.41) is 18.4. The summed E-state index contributed by atoms with van der Waals surface area (Å²) in [6.45, 7) is 7.00. The fraction of sp³-hybridized carbons (Fsp3) is 0.385.